The summed E-state index contributed by atoms with van der Waals surface area (Å²) >= 11 is 0. The first-order valence-electron chi connectivity index (χ1n) is 7.75. The maximum Gasteiger partial charge on any atom is 0.333 e. The second kappa shape index (κ2) is 5.93. The Morgan fingerprint density at radius 2 is 1.83 bits per heavy atom. The van der Waals surface area contributed by atoms with Crippen LogP contribution >= 0.6 is 7.92 Å². The van der Waals surface area contributed by atoms with E-state index in [0.29, 0.717) is 5.92 Å². The van der Waals surface area contributed by atoms with Gasteiger partial charge >= 0.3 is 5.69 Å². The lowest BCUT2D eigenvalue weighted by atomic mass is 10.1. The molecule has 2 aromatic heterocycles. The van der Waals surface area contributed by atoms with Gasteiger partial charge < -0.3 is 0 Å². The lowest BCUT2D eigenvalue weighted by Gasteiger charge is -2.09. The van der Waals surface area contributed by atoms with Gasteiger partial charge in [-0.15, -0.1) is 0 Å². The van der Waals surface area contributed by atoms with Gasteiger partial charge in [0.1, 0.15) is 0 Å². The van der Waals surface area contributed by atoms with Gasteiger partial charge in [-0.25, -0.2) is 4.79 Å². The van der Waals surface area contributed by atoms with Crippen LogP contribution in [-0.2, 0) is 7.05 Å². The van der Waals surface area contributed by atoms with Crippen molar-refractivity contribution in [2.24, 2.45) is 7.05 Å². The number of aryl methyl sites for hydroxylation is 1. The molecule has 0 aliphatic carbocycles. The summed E-state index contributed by atoms with van der Waals surface area (Å²) in [5.41, 5.74) is 3.72. The SMILES string of the molecule is CC(C)c1ccc(-n2c(=O)n(C)c3ccc(P(C)C)cc32)cn1. The van der Waals surface area contributed by atoms with Crippen LogP contribution in [0.2, 0.25) is 0 Å². The van der Waals surface area contributed by atoms with Gasteiger partial charge in [-0.2, -0.15) is 0 Å². The molecule has 0 saturated heterocycles. The highest BCUT2D eigenvalue weighted by molar-refractivity contribution is 7.64. The zero-order chi connectivity index (χ0) is 16.7. The van der Waals surface area contributed by atoms with Gasteiger partial charge in [0.25, 0.3) is 0 Å². The summed E-state index contributed by atoms with van der Waals surface area (Å²) in [7, 11) is 1.61. The Bertz CT molecular complexity index is 904. The lowest BCUT2D eigenvalue weighted by molar-refractivity contribution is 0.812. The van der Waals surface area contributed by atoms with Crippen LogP contribution in [0.25, 0.3) is 16.7 Å². The average Bonchev–Trinajstić information content (AvgIpc) is 2.78. The van der Waals surface area contributed by atoms with E-state index in [-0.39, 0.29) is 13.6 Å². The first-order chi connectivity index (χ1) is 10.9. The molecule has 0 fully saturated rings. The monoisotopic (exact) mass is 327 g/mol. The van der Waals surface area contributed by atoms with E-state index < -0.39 is 0 Å². The Morgan fingerprint density at radius 3 is 2.39 bits per heavy atom. The van der Waals surface area contributed by atoms with Gasteiger partial charge in [0.2, 0.25) is 0 Å². The van der Waals surface area contributed by atoms with Crippen LogP contribution in [0.15, 0.2) is 41.3 Å². The van der Waals surface area contributed by atoms with Crippen LogP contribution in [0, 0.1) is 0 Å². The molecule has 0 aliphatic rings. The van der Waals surface area contributed by atoms with Crippen molar-refractivity contribution < 1.29 is 0 Å². The highest BCUT2D eigenvalue weighted by Gasteiger charge is 2.14. The van der Waals surface area contributed by atoms with Gasteiger partial charge in [0, 0.05) is 12.7 Å². The summed E-state index contributed by atoms with van der Waals surface area (Å²) in [6, 6.07) is 10.3. The normalized spacial score (nSPS) is 11.8. The van der Waals surface area contributed by atoms with E-state index in [9.17, 15) is 4.79 Å². The Balaban J connectivity index is 2.25. The van der Waals surface area contributed by atoms with Crippen molar-refractivity contribution in [1.29, 1.82) is 0 Å². The minimum Gasteiger partial charge on any atom is -0.295 e. The van der Waals surface area contributed by atoms with Crippen molar-refractivity contribution in [2.75, 3.05) is 13.3 Å². The van der Waals surface area contributed by atoms with E-state index in [1.54, 1.807) is 15.3 Å². The number of hydrogen-bond donors (Lipinski definition) is 0. The van der Waals surface area contributed by atoms with E-state index in [4.69, 9.17) is 0 Å². The molecule has 0 radical (unpaired) electrons. The van der Waals surface area contributed by atoms with E-state index in [1.807, 2.05) is 25.2 Å². The number of benzene rings is 1. The van der Waals surface area contributed by atoms with E-state index in [2.05, 4.69) is 44.3 Å². The van der Waals surface area contributed by atoms with E-state index in [1.165, 1.54) is 5.30 Å². The van der Waals surface area contributed by atoms with Crippen LogP contribution in [-0.4, -0.2) is 27.4 Å². The Hall–Kier alpha value is -1.93. The summed E-state index contributed by atoms with van der Waals surface area (Å²) in [6.07, 6.45) is 1.80. The third kappa shape index (κ3) is 2.72. The number of aromatic nitrogens is 3. The Kier molecular flexibility index (Phi) is 4.11. The first kappa shape index (κ1) is 15.9. The van der Waals surface area contributed by atoms with Gasteiger partial charge in [-0.05, 0) is 48.8 Å². The van der Waals surface area contributed by atoms with Crippen LogP contribution in [0.3, 0.4) is 0 Å². The lowest BCUT2D eigenvalue weighted by Crippen LogP contribution is -2.21. The number of nitrogens with zero attached hydrogens (tertiary/aromatic N) is 3. The minimum atomic E-state index is -0.204. The second-order valence-electron chi connectivity index (χ2n) is 6.34. The molecule has 3 aromatic rings. The number of fused-ring (bicyclic) bond motifs is 1. The van der Waals surface area contributed by atoms with Crippen molar-refractivity contribution in [1.82, 2.24) is 14.1 Å². The minimum absolute atomic E-state index is 0.0345. The summed E-state index contributed by atoms with van der Waals surface area (Å²) < 4.78 is 3.46. The van der Waals surface area contributed by atoms with Crippen molar-refractivity contribution >= 4 is 24.3 Å². The predicted molar refractivity (Wildman–Crippen MR) is 98.8 cm³/mol. The Labute approximate surface area is 137 Å². The molecular formula is C18H22N3OP. The van der Waals surface area contributed by atoms with Crippen LogP contribution in [0.4, 0.5) is 0 Å². The third-order valence-electron chi connectivity index (χ3n) is 4.18. The summed E-state index contributed by atoms with van der Waals surface area (Å²) in [5.74, 6) is 0.378. The summed E-state index contributed by atoms with van der Waals surface area (Å²) in [4.78, 5) is 17.2. The molecule has 0 unspecified atom stereocenters. The Morgan fingerprint density at radius 1 is 1.09 bits per heavy atom. The van der Waals surface area contributed by atoms with Gasteiger partial charge in [0.05, 0.1) is 22.9 Å². The zero-order valence-corrected chi connectivity index (χ0v) is 15.1. The number of rotatable bonds is 3. The third-order valence-corrected chi connectivity index (χ3v) is 5.49. The van der Waals surface area contributed by atoms with Crippen LogP contribution < -0.4 is 11.0 Å². The molecule has 0 spiro atoms. The van der Waals surface area contributed by atoms with Crippen molar-refractivity contribution in [3.05, 3.63) is 52.7 Å². The maximum atomic E-state index is 12.7. The number of hydrogen-bond acceptors (Lipinski definition) is 2. The quantitative estimate of drug-likeness (QED) is 0.693. The largest absolute Gasteiger partial charge is 0.333 e. The molecule has 0 aliphatic heterocycles. The molecule has 23 heavy (non-hydrogen) atoms. The molecule has 4 nitrogen and oxygen atoms in total. The molecule has 0 saturated carbocycles. The van der Waals surface area contributed by atoms with E-state index >= 15 is 0 Å². The fourth-order valence-electron chi connectivity index (χ4n) is 2.73. The fraction of sp³-hybridized carbons (Fsp3) is 0.333. The second-order valence-corrected chi connectivity index (χ2v) is 8.65. The molecule has 1 aromatic carbocycles. The van der Waals surface area contributed by atoms with Crippen molar-refractivity contribution in [3.63, 3.8) is 0 Å². The van der Waals surface area contributed by atoms with Crippen molar-refractivity contribution in [3.8, 4) is 5.69 Å². The van der Waals surface area contributed by atoms with E-state index in [0.717, 1.165) is 22.4 Å². The molecule has 3 rings (SSSR count). The zero-order valence-electron chi connectivity index (χ0n) is 14.2. The molecule has 0 bridgehead atoms. The van der Waals surface area contributed by atoms with Gasteiger partial charge in [-0.1, -0.05) is 27.8 Å². The number of imidazole rings is 1. The highest BCUT2D eigenvalue weighted by atomic mass is 31.1. The highest BCUT2D eigenvalue weighted by Crippen LogP contribution is 2.26. The fourth-order valence-corrected chi connectivity index (χ4v) is 3.48. The number of pyridine rings is 1. The van der Waals surface area contributed by atoms with Crippen molar-refractivity contribution in [2.45, 2.75) is 19.8 Å². The van der Waals surface area contributed by atoms with Crippen LogP contribution in [0.5, 0.6) is 0 Å². The summed E-state index contributed by atoms with van der Waals surface area (Å²) in [5, 5.41) is 1.29. The first-order valence-corrected chi connectivity index (χ1v) is 9.99. The molecule has 5 heteroatoms. The average molecular weight is 327 g/mol. The molecule has 0 N–H and O–H groups in total. The topological polar surface area (TPSA) is 39.8 Å². The molecule has 2 heterocycles. The maximum absolute atomic E-state index is 12.7. The molecule has 0 atom stereocenters. The molecule has 120 valence electrons. The van der Waals surface area contributed by atoms with Gasteiger partial charge in [0.15, 0.2) is 0 Å². The van der Waals surface area contributed by atoms with Crippen LogP contribution in [0.1, 0.15) is 25.5 Å². The van der Waals surface area contributed by atoms with Gasteiger partial charge in [-0.3, -0.25) is 14.1 Å². The standard InChI is InChI=1S/C18H22N3OP/c1-12(2)15-8-6-13(11-19-15)21-17-10-14(23(4)5)7-9-16(17)20(3)18(21)22/h6-12H,1-5H3. The summed E-state index contributed by atoms with van der Waals surface area (Å²) in [6.45, 7) is 8.67. The molecular weight excluding hydrogens is 305 g/mol. The predicted octanol–water partition coefficient (Wildman–Crippen LogP) is 3.21. The smallest absolute Gasteiger partial charge is 0.295 e. The molecule has 0 amide bonds.